The van der Waals surface area contributed by atoms with E-state index in [1.54, 1.807) is 33.3 Å². The fraction of sp³-hybridized carbons (Fsp3) is 0.368. The number of pyridine rings is 1. The topological polar surface area (TPSA) is 71.9 Å². The molecule has 0 radical (unpaired) electrons. The Labute approximate surface area is 147 Å². The molecule has 1 N–H and O–H groups in total. The zero-order chi connectivity index (χ0) is 18.0. The molecule has 2 aromatic rings. The lowest BCUT2D eigenvalue weighted by Gasteiger charge is -2.28. The Morgan fingerprint density at radius 1 is 1.24 bits per heavy atom. The van der Waals surface area contributed by atoms with Gasteiger partial charge in [-0.1, -0.05) is 0 Å². The molecule has 6 nitrogen and oxygen atoms in total. The van der Waals surface area contributed by atoms with Gasteiger partial charge in [0.2, 0.25) is 0 Å². The van der Waals surface area contributed by atoms with Crippen LogP contribution in [0, 0.1) is 6.92 Å². The molecular weight excluding hydrogens is 320 g/mol. The monoisotopic (exact) mass is 342 g/mol. The number of carbonyl (C=O) groups is 1. The van der Waals surface area contributed by atoms with Crippen LogP contribution in [0.2, 0.25) is 0 Å². The van der Waals surface area contributed by atoms with Gasteiger partial charge in [0.15, 0.2) is 0 Å². The third kappa shape index (κ3) is 3.24. The third-order valence-corrected chi connectivity index (χ3v) is 4.65. The van der Waals surface area contributed by atoms with E-state index in [-0.39, 0.29) is 11.6 Å². The fourth-order valence-electron chi connectivity index (χ4n) is 3.39. The SMILES string of the molecule is COc1ccc(C2CCCN2c2ccc(C(=O)O)c(C)n2)c(OC)c1. The zero-order valence-corrected chi connectivity index (χ0v) is 14.7. The highest BCUT2D eigenvalue weighted by Crippen LogP contribution is 2.40. The summed E-state index contributed by atoms with van der Waals surface area (Å²) in [7, 11) is 3.29. The van der Waals surface area contributed by atoms with Gasteiger partial charge in [-0.05, 0) is 44.0 Å². The highest BCUT2D eigenvalue weighted by atomic mass is 16.5. The molecule has 0 saturated carbocycles. The normalized spacial score (nSPS) is 16.8. The molecule has 0 bridgehead atoms. The molecule has 1 aromatic heterocycles. The van der Waals surface area contributed by atoms with E-state index in [0.717, 1.165) is 42.3 Å². The number of benzene rings is 1. The summed E-state index contributed by atoms with van der Waals surface area (Å²) in [4.78, 5) is 17.9. The van der Waals surface area contributed by atoms with Gasteiger partial charge in [-0.3, -0.25) is 0 Å². The van der Waals surface area contributed by atoms with Crippen molar-refractivity contribution in [1.82, 2.24) is 4.98 Å². The Balaban J connectivity index is 1.96. The Morgan fingerprint density at radius 3 is 2.68 bits per heavy atom. The quantitative estimate of drug-likeness (QED) is 0.897. The van der Waals surface area contributed by atoms with Crippen molar-refractivity contribution in [2.24, 2.45) is 0 Å². The zero-order valence-electron chi connectivity index (χ0n) is 14.7. The Hall–Kier alpha value is -2.76. The molecule has 1 unspecified atom stereocenters. The van der Waals surface area contributed by atoms with E-state index >= 15 is 0 Å². The van der Waals surface area contributed by atoms with Gasteiger partial charge in [-0.25, -0.2) is 9.78 Å². The van der Waals surface area contributed by atoms with Gasteiger partial charge in [-0.15, -0.1) is 0 Å². The van der Waals surface area contributed by atoms with Gasteiger partial charge in [-0.2, -0.15) is 0 Å². The maximum atomic E-state index is 11.2. The number of hydrogen-bond donors (Lipinski definition) is 1. The lowest BCUT2D eigenvalue weighted by atomic mass is 10.0. The predicted octanol–water partition coefficient (Wildman–Crippen LogP) is 3.45. The van der Waals surface area contributed by atoms with E-state index in [1.165, 1.54) is 0 Å². The number of aromatic carboxylic acids is 1. The van der Waals surface area contributed by atoms with Crippen molar-refractivity contribution >= 4 is 11.8 Å². The van der Waals surface area contributed by atoms with Crippen molar-refractivity contribution in [3.8, 4) is 11.5 Å². The van der Waals surface area contributed by atoms with E-state index in [4.69, 9.17) is 9.47 Å². The van der Waals surface area contributed by atoms with Gasteiger partial charge in [0.1, 0.15) is 17.3 Å². The first kappa shape index (κ1) is 17.1. The molecule has 25 heavy (non-hydrogen) atoms. The molecular formula is C19H22N2O4. The largest absolute Gasteiger partial charge is 0.497 e. The first-order valence-corrected chi connectivity index (χ1v) is 8.24. The molecule has 1 aliphatic rings. The number of carboxylic acids is 1. The van der Waals surface area contributed by atoms with Crippen LogP contribution < -0.4 is 14.4 Å². The van der Waals surface area contributed by atoms with Crippen molar-refractivity contribution in [2.45, 2.75) is 25.8 Å². The number of anilines is 1. The number of rotatable bonds is 5. The summed E-state index contributed by atoms with van der Waals surface area (Å²) in [6, 6.07) is 9.40. The summed E-state index contributed by atoms with van der Waals surface area (Å²) in [6.07, 6.45) is 2.03. The summed E-state index contributed by atoms with van der Waals surface area (Å²) in [5, 5.41) is 9.19. The van der Waals surface area contributed by atoms with Crippen LogP contribution in [0.15, 0.2) is 30.3 Å². The molecule has 1 aromatic carbocycles. The third-order valence-electron chi connectivity index (χ3n) is 4.65. The highest BCUT2D eigenvalue weighted by molar-refractivity contribution is 5.89. The minimum absolute atomic E-state index is 0.142. The van der Waals surface area contributed by atoms with Gasteiger partial charge >= 0.3 is 5.97 Å². The van der Waals surface area contributed by atoms with Gasteiger partial charge in [0, 0.05) is 18.2 Å². The van der Waals surface area contributed by atoms with E-state index < -0.39 is 5.97 Å². The fourth-order valence-corrected chi connectivity index (χ4v) is 3.39. The van der Waals surface area contributed by atoms with Gasteiger partial charge in [0.05, 0.1) is 31.5 Å². The molecule has 3 rings (SSSR count). The van der Waals surface area contributed by atoms with Crippen molar-refractivity contribution in [2.75, 3.05) is 25.7 Å². The van der Waals surface area contributed by atoms with Crippen LogP contribution in [0.4, 0.5) is 5.82 Å². The molecule has 1 fully saturated rings. The summed E-state index contributed by atoms with van der Waals surface area (Å²) >= 11 is 0. The molecule has 6 heteroatoms. The molecule has 2 heterocycles. The molecule has 0 spiro atoms. The van der Waals surface area contributed by atoms with E-state index in [1.807, 2.05) is 18.2 Å². The molecule has 1 atom stereocenters. The van der Waals surface area contributed by atoms with Gasteiger partial charge in [0.25, 0.3) is 0 Å². The van der Waals surface area contributed by atoms with Crippen LogP contribution in [0.1, 0.15) is 40.5 Å². The van der Waals surface area contributed by atoms with E-state index in [9.17, 15) is 9.90 Å². The van der Waals surface area contributed by atoms with Crippen LogP contribution in [-0.2, 0) is 0 Å². The number of methoxy groups -OCH3 is 2. The maximum Gasteiger partial charge on any atom is 0.337 e. The van der Waals surface area contributed by atoms with Crippen molar-refractivity contribution in [3.63, 3.8) is 0 Å². The average molecular weight is 342 g/mol. The number of ether oxygens (including phenoxy) is 2. The Bertz CT molecular complexity index is 791. The molecule has 1 saturated heterocycles. The summed E-state index contributed by atoms with van der Waals surface area (Å²) in [6.45, 7) is 2.60. The Kier molecular flexibility index (Phi) is 4.79. The van der Waals surface area contributed by atoms with Crippen LogP contribution in [-0.4, -0.2) is 36.8 Å². The number of hydrogen-bond acceptors (Lipinski definition) is 5. The molecule has 0 amide bonds. The minimum Gasteiger partial charge on any atom is -0.497 e. The lowest BCUT2D eigenvalue weighted by molar-refractivity contribution is 0.0695. The summed E-state index contributed by atoms with van der Waals surface area (Å²) < 4.78 is 10.8. The van der Waals surface area contributed by atoms with E-state index in [2.05, 4.69) is 9.88 Å². The van der Waals surface area contributed by atoms with Crippen molar-refractivity contribution < 1.29 is 19.4 Å². The molecule has 1 aliphatic heterocycles. The van der Waals surface area contributed by atoms with Crippen molar-refractivity contribution in [3.05, 3.63) is 47.2 Å². The predicted molar refractivity (Wildman–Crippen MR) is 94.8 cm³/mol. The standard InChI is InChI=1S/C19H22N2O4/c1-12-14(19(22)23)8-9-18(20-12)21-10-4-5-16(21)15-7-6-13(24-2)11-17(15)25-3/h6-9,11,16H,4-5,10H2,1-3H3,(H,22,23). The number of aryl methyl sites for hydroxylation is 1. The number of aromatic nitrogens is 1. The van der Waals surface area contributed by atoms with Crippen LogP contribution in [0.25, 0.3) is 0 Å². The summed E-state index contributed by atoms with van der Waals surface area (Å²) in [5.41, 5.74) is 1.85. The van der Waals surface area contributed by atoms with Crippen LogP contribution in [0.5, 0.6) is 11.5 Å². The van der Waals surface area contributed by atoms with Crippen molar-refractivity contribution in [1.29, 1.82) is 0 Å². The highest BCUT2D eigenvalue weighted by Gasteiger charge is 2.30. The van der Waals surface area contributed by atoms with Crippen LogP contribution >= 0.6 is 0 Å². The maximum absolute atomic E-state index is 11.2. The van der Waals surface area contributed by atoms with Crippen LogP contribution in [0.3, 0.4) is 0 Å². The molecule has 132 valence electrons. The van der Waals surface area contributed by atoms with Gasteiger partial charge < -0.3 is 19.5 Å². The first-order chi connectivity index (χ1) is 12.0. The lowest BCUT2D eigenvalue weighted by Crippen LogP contribution is -2.24. The second-order valence-electron chi connectivity index (χ2n) is 6.07. The second-order valence-corrected chi connectivity index (χ2v) is 6.07. The summed E-state index contributed by atoms with van der Waals surface area (Å²) in [5.74, 6) is 1.38. The first-order valence-electron chi connectivity index (χ1n) is 8.24. The second kappa shape index (κ2) is 7.01. The smallest absolute Gasteiger partial charge is 0.337 e. The number of carboxylic acid groups (broad SMARTS) is 1. The number of nitrogens with zero attached hydrogens (tertiary/aromatic N) is 2. The average Bonchev–Trinajstić information content (AvgIpc) is 3.10. The minimum atomic E-state index is -0.952. The Morgan fingerprint density at radius 2 is 2.04 bits per heavy atom. The van der Waals surface area contributed by atoms with E-state index in [0.29, 0.717) is 5.69 Å². The molecule has 0 aliphatic carbocycles.